The number of urea groups is 1. The Balaban J connectivity index is 4.41. The molecular formula is C11H20N2O5. The highest BCUT2D eigenvalue weighted by molar-refractivity contribution is 5.83. The van der Waals surface area contributed by atoms with Crippen LogP contribution in [0.5, 0.6) is 0 Å². The van der Waals surface area contributed by atoms with Crippen LogP contribution in [0.4, 0.5) is 4.79 Å². The van der Waals surface area contributed by atoms with Gasteiger partial charge in [-0.3, -0.25) is 4.79 Å². The summed E-state index contributed by atoms with van der Waals surface area (Å²) in [6, 6.07) is -1.62. The van der Waals surface area contributed by atoms with Crippen molar-refractivity contribution in [3.05, 3.63) is 0 Å². The second-order valence-electron chi connectivity index (χ2n) is 4.16. The number of carboxylic acids is 1. The van der Waals surface area contributed by atoms with E-state index < -0.39 is 24.0 Å². The molecule has 2 N–H and O–H groups in total. The summed E-state index contributed by atoms with van der Waals surface area (Å²) in [5, 5.41) is 11.3. The lowest BCUT2D eigenvalue weighted by Gasteiger charge is -2.24. The molecular weight excluding hydrogens is 240 g/mol. The number of amides is 2. The van der Waals surface area contributed by atoms with Gasteiger partial charge in [0.2, 0.25) is 0 Å². The fraction of sp³-hybridized carbons (Fsp3) is 0.727. The minimum absolute atomic E-state index is 0.000316. The maximum absolute atomic E-state index is 11.6. The zero-order valence-corrected chi connectivity index (χ0v) is 11.1. The largest absolute Gasteiger partial charge is 0.480 e. The van der Waals surface area contributed by atoms with Gasteiger partial charge >= 0.3 is 18.0 Å². The molecule has 1 atom stereocenters. The predicted molar refractivity (Wildman–Crippen MR) is 64.1 cm³/mol. The zero-order chi connectivity index (χ0) is 14.3. The molecule has 7 nitrogen and oxygen atoms in total. The normalized spacial score (nSPS) is 11.8. The minimum atomic E-state index is -1.18. The third kappa shape index (κ3) is 5.51. The topological polar surface area (TPSA) is 95.9 Å². The van der Waals surface area contributed by atoms with Crippen molar-refractivity contribution in [1.29, 1.82) is 0 Å². The Labute approximate surface area is 106 Å². The Morgan fingerprint density at radius 3 is 2.28 bits per heavy atom. The van der Waals surface area contributed by atoms with Crippen LogP contribution in [-0.4, -0.2) is 54.2 Å². The van der Waals surface area contributed by atoms with Crippen LogP contribution in [0.1, 0.15) is 26.7 Å². The van der Waals surface area contributed by atoms with E-state index >= 15 is 0 Å². The summed E-state index contributed by atoms with van der Waals surface area (Å²) < 4.78 is 4.42. The van der Waals surface area contributed by atoms with Gasteiger partial charge in [-0.1, -0.05) is 0 Å². The van der Waals surface area contributed by atoms with Crippen LogP contribution in [0.2, 0.25) is 0 Å². The summed E-state index contributed by atoms with van der Waals surface area (Å²) >= 11 is 0. The standard InChI is InChI=1S/C11H20N2O5/c1-7(2)13(3)11(17)12-8(10(15)16)5-6-9(14)18-4/h7-8H,5-6H2,1-4H3,(H,12,17)(H,15,16)/t8-/m0/s1. The van der Waals surface area contributed by atoms with Gasteiger partial charge in [-0.15, -0.1) is 0 Å². The predicted octanol–water partition coefficient (Wildman–Crippen LogP) is 0.443. The van der Waals surface area contributed by atoms with E-state index in [1.165, 1.54) is 12.0 Å². The minimum Gasteiger partial charge on any atom is -0.480 e. The first-order valence-electron chi connectivity index (χ1n) is 5.62. The van der Waals surface area contributed by atoms with Gasteiger partial charge in [0.15, 0.2) is 0 Å². The Morgan fingerprint density at radius 2 is 1.89 bits per heavy atom. The molecule has 7 heteroatoms. The second kappa shape index (κ2) is 7.52. The first-order chi connectivity index (χ1) is 8.29. The lowest BCUT2D eigenvalue weighted by molar-refractivity contribution is -0.142. The lowest BCUT2D eigenvalue weighted by atomic mass is 10.1. The van der Waals surface area contributed by atoms with Crippen LogP contribution in [0.15, 0.2) is 0 Å². The molecule has 0 saturated heterocycles. The Bertz CT molecular complexity index is 317. The molecule has 0 spiro atoms. The molecule has 0 unspecified atom stereocenters. The molecule has 0 aromatic heterocycles. The van der Waals surface area contributed by atoms with E-state index in [4.69, 9.17) is 5.11 Å². The van der Waals surface area contributed by atoms with Crippen molar-refractivity contribution in [3.63, 3.8) is 0 Å². The van der Waals surface area contributed by atoms with Gasteiger partial charge in [0.05, 0.1) is 7.11 Å². The second-order valence-corrected chi connectivity index (χ2v) is 4.16. The van der Waals surface area contributed by atoms with Gasteiger partial charge < -0.3 is 20.1 Å². The summed E-state index contributed by atoms with van der Waals surface area (Å²) in [4.78, 5) is 34.9. The van der Waals surface area contributed by atoms with E-state index in [2.05, 4.69) is 10.1 Å². The van der Waals surface area contributed by atoms with Crippen molar-refractivity contribution >= 4 is 18.0 Å². The summed E-state index contributed by atoms with van der Waals surface area (Å²) in [7, 11) is 2.79. The molecule has 0 aliphatic heterocycles. The number of rotatable bonds is 6. The molecule has 0 aromatic rings. The quantitative estimate of drug-likeness (QED) is 0.676. The number of carbonyl (C=O) groups is 3. The van der Waals surface area contributed by atoms with Crippen LogP contribution >= 0.6 is 0 Å². The van der Waals surface area contributed by atoms with Crippen LogP contribution in [0.25, 0.3) is 0 Å². The van der Waals surface area contributed by atoms with E-state index in [9.17, 15) is 14.4 Å². The molecule has 104 valence electrons. The van der Waals surface area contributed by atoms with E-state index in [0.29, 0.717) is 0 Å². The third-order valence-electron chi connectivity index (χ3n) is 2.56. The highest BCUT2D eigenvalue weighted by Gasteiger charge is 2.23. The molecule has 0 fully saturated rings. The van der Waals surface area contributed by atoms with Gasteiger partial charge in [-0.2, -0.15) is 0 Å². The average Bonchev–Trinajstić information content (AvgIpc) is 2.31. The van der Waals surface area contributed by atoms with Crippen molar-refractivity contribution in [1.82, 2.24) is 10.2 Å². The van der Waals surface area contributed by atoms with Crippen molar-refractivity contribution in [3.8, 4) is 0 Å². The number of nitrogens with one attached hydrogen (secondary N) is 1. The summed E-state index contributed by atoms with van der Waals surface area (Å²) in [5.41, 5.74) is 0. The summed E-state index contributed by atoms with van der Waals surface area (Å²) in [5.74, 6) is -1.68. The molecule has 0 heterocycles. The van der Waals surface area contributed by atoms with Gasteiger partial charge in [-0.05, 0) is 20.3 Å². The zero-order valence-electron chi connectivity index (χ0n) is 11.1. The van der Waals surface area contributed by atoms with Gasteiger partial charge in [-0.25, -0.2) is 9.59 Å². The molecule has 0 bridgehead atoms. The molecule has 0 aliphatic carbocycles. The monoisotopic (exact) mass is 260 g/mol. The van der Waals surface area contributed by atoms with Crippen molar-refractivity contribution < 1.29 is 24.2 Å². The number of esters is 1. The van der Waals surface area contributed by atoms with Crippen LogP contribution in [0.3, 0.4) is 0 Å². The number of ether oxygens (including phenoxy) is 1. The van der Waals surface area contributed by atoms with Gasteiger partial charge in [0.1, 0.15) is 6.04 Å². The summed E-state index contributed by atoms with van der Waals surface area (Å²) in [6.45, 7) is 3.62. The average molecular weight is 260 g/mol. The molecule has 18 heavy (non-hydrogen) atoms. The van der Waals surface area contributed by atoms with Crippen LogP contribution < -0.4 is 5.32 Å². The molecule has 0 radical (unpaired) electrons. The first kappa shape index (κ1) is 16.2. The molecule has 2 amide bonds. The Morgan fingerprint density at radius 1 is 1.33 bits per heavy atom. The van der Waals surface area contributed by atoms with Gasteiger partial charge in [0.25, 0.3) is 0 Å². The van der Waals surface area contributed by atoms with E-state index in [-0.39, 0.29) is 18.9 Å². The first-order valence-corrected chi connectivity index (χ1v) is 5.62. The van der Waals surface area contributed by atoms with E-state index in [1.54, 1.807) is 7.05 Å². The molecule has 0 rings (SSSR count). The highest BCUT2D eigenvalue weighted by atomic mass is 16.5. The molecule has 0 aromatic carbocycles. The third-order valence-corrected chi connectivity index (χ3v) is 2.56. The van der Waals surface area contributed by atoms with Crippen LogP contribution in [-0.2, 0) is 14.3 Å². The van der Waals surface area contributed by atoms with Crippen molar-refractivity contribution in [2.45, 2.75) is 38.8 Å². The molecule has 0 saturated carbocycles. The number of methoxy groups -OCH3 is 1. The fourth-order valence-corrected chi connectivity index (χ4v) is 1.11. The van der Waals surface area contributed by atoms with E-state index in [1.807, 2.05) is 13.8 Å². The number of nitrogens with zero attached hydrogens (tertiary/aromatic N) is 1. The lowest BCUT2D eigenvalue weighted by Crippen LogP contribution is -2.48. The number of carboxylic acid groups (broad SMARTS) is 1. The SMILES string of the molecule is COC(=O)CC[C@H](NC(=O)N(C)C(C)C)C(=O)O. The van der Waals surface area contributed by atoms with Crippen molar-refractivity contribution in [2.24, 2.45) is 0 Å². The fourth-order valence-electron chi connectivity index (χ4n) is 1.11. The number of aliphatic carboxylic acids is 1. The number of hydrogen-bond acceptors (Lipinski definition) is 4. The highest BCUT2D eigenvalue weighted by Crippen LogP contribution is 2.02. The van der Waals surface area contributed by atoms with Crippen molar-refractivity contribution in [2.75, 3.05) is 14.2 Å². The summed E-state index contributed by atoms with van der Waals surface area (Å²) in [6.07, 6.45) is -0.0567. The van der Waals surface area contributed by atoms with E-state index in [0.717, 1.165) is 0 Å². The maximum atomic E-state index is 11.6. The Kier molecular flexibility index (Phi) is 6.77. The van der Waals surface area contributed by atoms with Gasteiger partial charge in [0, 0.05) is 19.5 Å². The Hall–Kier alpha value is -1.79. The number of hydrogen-bond donors (Lipinski definition) is 2. The maximum Gasteiger partial charge on any atom is 0.326 e. The molecule has 0 aliphatic rings. The van der Waals surface area contributed by atoms with Crippen LogP contribution in [0, 0.1) is 0 Å². The smallest absolute Gasteiger partial charge is 0.326 e. The number of carbonyl (C=O) groups excluding carboxylic acids is 2.